The van der Waals surface area contributed by atoms with Gasteiger partial charge in [-0.1, -0.05) is 66.7 Å². The number of rotatable bonds is 3. The maximum Gasteiger partial charge on any atom is 0.144 e. The summed E-state index contributed by atoms with van der Waals surface area (Å²) in [5.41, 5.74) is 4.64. The lowest BCUT2D eigenvalue weighted by Crippen LogP contribution is -1.96. The van der Waals surface area contributed by atoms with Gasteiger partial charge in [0.05, 0.1) is 0 Å². The normalized spacial score (nSPS) is 10.6. The van der Waals surface area contributed by atoms with Crippen LogP contribution in [0, 0.1) is 0 Å². The van der Waals surface area contributed by atoms with E-state index in [2.05, 4.69) is 70.2 Å². The Labute approximate surface area is 135 Å². The molecule has 0 atom stereocenters. The second-order valence-corrected chi connectivity index (χ2v) is 5.40. The molecular formula is C21H16N2. The quantitative estimate of drug-likeness (QED) is 0.507. The lowest BCUT2D eigenvalue weighted by Gasteiger charge is -2.09. The molecule has 2 heteroatoms. The van der Waals surface area contributed by atoms with Gasteiger partial charge >= 0.3 is 0 Å². The molecule has 2 nitrogen and oxygen atoms in total. The average molecular weight is 296 g/mol. The van der Waals surface area contributed by atoms with Gasteiger partial charge in [0.15, 0.2) is 0 Å². The van der Waals surface area contributed by atoms with E-state index >= 15 is 0 Å². The van der Waals surface area contributed by atoms with E-state index in [1.165, 1.54) is 11.1 Å². The monoisotopic (exact) mass is 296 g/mol. The smallest absolute Gasteiger partial charge is 0.144 e. The first-order chi connectivity index (χ1) is 11.4. The Kier molecular flexibility index (Phi) is 3.49. The second kappa shape index (κ2) is 5.93. The Morgan fingerprint density at radius 2 is 1.26 bits per heavy atom. The zero-order chi connectivity index (χ0) is 15.5. The first kappa shape index (κ1) is 13.5. The molecule has 1 aromatic heterocycles. The Hall–Kier alpha value is -3.13. The molecule has 0 amide bonds. The summed E-state index contributed by atoms with van der Waals surface area (Å²) in [5.74, 6) is 0.953. The van der Waals surface area contributed by atoms with E-state index in [4.69, 9.17) is 0 Å². The van der Waals surface area contributed by atoms with Crippen molar-refractivity contribution in [3.05, 3.63) is 97.3 Å². The fourth-order valence-electron chi connectivity index (χ4n) is 2.78. The minimum absolute atomic E-state index is 0.953. The van der Waals surface area contributed by atoms with E-state index in [1.807, 2.05) is 36.7 Å². The van der Waals surface area contributed by atoms with Crippen LogP contribution in [-0.4, -0.2) is 9.55 Å². The predicted octanol–water partition coefficient (Wildman–Crippen LogP) is 5.21. The summed E-state index contributed by atoms with van der Waals surface area (Å²) in [7, 11) is 0. The van der Waals surface area contributed by atoms with E-state index in [9.17, 15) is 0 Å². The summed E-state index contributed by atoms with van der Waals surface area (Å²) in [6.45, 7) is 0. The third kappa shape index (κ3) is 2.67. The minimum Gasteiger partial charge on any atom is -0.300 e. The lowest BCUT2D eigenvalue weighted by atomic mass is 10.0. The van der Waals surface area contributed by atoms with Crippen molar-refractivity contribution in [2.24, 2.45) is 0 Å². The molecule has 110 valence electrons. The standard InChI is InChI=1S/C21H16N2/c1-3-8-17(9-4-1)18-10-7-11-19(16-18)21-22-14-15-23(21)20-12-5-2-6-13-20/h1-16H. The van der Waals surface area contributed by atoms with Gasteiger partial charge in [0.2, 0.25) is 0 Å². The molecule has 0 aliphatic carbocycles. The first-order valence-electron chi connectivity index (χ1n) is 7.66. The van der Waals surface area contributed by atoms with Crippen LogP contribution < -0.4 is 0 Å². The van der Waals surface area contributed by atoms with Gasteiger partial charge in [0.1, 0.15) is 5.82 Å². The van der Waals surface area contributed by atoms with Gasteiger partial charge in [-0.2, -0.15) is 0 Å². The van der Waals surface area contributed by atoms with Gasteiger partial charge in [-0.15, -0.1) is 0 Å². The van der Waals surface area contributed by atoms with Crippen LogP contribution in [0.1, 0.15) is 0 Å². The first-order valence-corrected chi connectivity index (χ1v) is 7.66. The largest absolute Gasteiger partial charge is 0.300 e. The molecule has 0 spiro atoms. The van der Waals surface area contributed by atoms with Crippen molar-refractivity contribution in [2.75, 3.05) is 0 Å². The summed E-state index contributed by atoms with van der Waals surface area (Å²) in [5, 5.41) is 0. The Morgan fingerprint density at radius 1 is 0.609 bits per heavy atom. The van der Waals surface area contributed by atoms with Gasteiger partial charge in [-0.25, -0.2) is 4.98 Å². The molecule has 0 bridgehead atoms. The number of para-hydroxylation sites is 1. The SMILES string of the molecule is c1ccc(-c2cccc(-c3nccn3-c3ccccc3)c2)cc1. The molecule has 0 unspecified atom stereocenters. The lowest BCUT2D eigenvalue weighted by molar-refractivity contribution is 1.07. The molecule has 4 aromatic rings. The number of imidazole rings is 1. The van der Waals surface area contributed by atoms with Crippen molar-refractivity contribution in [3.8, 4) is 28.2 Å². The maximum absolute atomic E-state index is 4.56. The van der Waals surface area contributed by atoms with Crippen molar-refractivity contribution in [2.45, 2.75) is 0 Å². The van der Waals surface area contributed by atoms with Crippen LogP contribution >= 0.6 is 0 Å². The number of hydrogen-bond donors (Lipinski definition) is 0. The number of aromatic nitrogens is 2. The summed E-state index contributed by atoms with van der Waals surface area (Å²) in [4.78, 5) is 4.56. The molecule has 0 N–H and O–H groups in total. The number of benzene rings is 3. The molecule has 4 rings (SSSR count). The van der Waals surface area contributed by atoms with E-state index in [0.29, 0.717) is 0 Å². The molecule has 23 heavy (non-hydrogen) atoms. The molecule has 0 aliphatic heterocycles. The maximum atomic E-state index is 4.56. The molecular weight excluding hydrogens is 280 g/mol. The molecule has 0 aliphatic rings. The third-order valence-corrected chi connectivity index (χ3v) is 3.90. The fraction of sp³-hybridized carbons (Fsp3) is 0. The summed E-state index contributed by atoms with van der Waals surface area (Å²) in [6.07, 6.45) is 3.84. The molecule has 1 heterocycles. The summed E-state index contributed by atoms with van der Waals surface area (Å²) < 4.78 is 2.12. The van der Waals surface area contributed by atoms with E-state index < -0.39 is 0 Å². The van der Waals surface area contributed by atoms with Gasteiger partial charge in [0, 0.05) is 23.6 Å². The number of nitrogens with zero attached hydrogens (tertiary/aromatic N) is 2. The van der Waals surface area contributed by atoms with Crippen LogP contribution in [0.2, 0.25) is 0 Å². The number of hydrogen-bond acceptors (Lipinski definition) is 1. The van der Waals surface area contributed by atoms with Gasteiger partial charge in [-0.05, 0) is 29.3 Å². The highest BCUT2D eigenvalue weighted by molar-refractivity contribution is 5.71. The Morgan fingerprint density at radius 3 is 2.04 bits per heavy atom. The molecule has 0 fully saturated rings. The molecule has 0 radical (unpaired) electrons. The van der Waals surface area contributed by atoms with Crippen molar-refractivity contribution >= 4 is 0 Å². The van der Waals surface area contributed by atoms with Gasteiger partial charge in [0.25, 0.3) is 0 Å². The Bertz CT molecular complexity index is 909. The highest BCUT2D eigenvalue weighted by atomic mass is 15.1. The zero-order valence-corrected chi connectivity index (χ0v) is 12.6. The predicted molar refractivity (Wildman–Crippen MR) is 94.4 cm³/mol. The minimum atomic E-state index is 0.953. The molecule has 0 saturated heterocycles. The fourth-order valence-corrected chi connectivity index (χ4v) is 2.78. The van der Waals surface area contributed by atoms with Crippen LogP contribution in [0.3, 0.4) is 0 Å². The van der Waals surface area contributed by atoms with Crippen LogP contribution in [0.5, 0.6) is 0 Å². The summed E-state index contributed by atoms with van der Waals surface area (Å²) in [6, 6.07) is 29.2. The zero-order valence-electron chi connectivity index (χ0n) is 12.6. The van der Waals surface area contributed by atoms with E-state index in [0.717, 1.165) is 17.1 Å². The third-order valence-electron chi connectivity index (χ3n) is 3.90. The Balaban J connectivity index is 1.80. The van der Waals surface area contributed by atoms with Crippen molar-refractivity contribution < 1.29 is 0 Å². The van der Waals surface area contributed by atoms with E-state index in [-0.39, 0.29) is 0 Å². The van der Waals surface area contributed by atoms with Crippen molar-refractivity contribution in [3.63, 3.8) is 0 Å². The van der Waals surface area contributed by atoms with Crippen LogP contribution in [0.4, 0.5) is 0 Å². The molecule has 0 saturated carbocycles. The van der Waals surface area contributed by atoms with Crippen LogP contribution in [0.15, 0.2) is 97.3 Å². The molecule has 3 aromatic carbocycles. The van der Waals surface area contributed by atoms with Crippen LogP contribution in [0.25, 0.3) is 28.2 Å². The summed E-state index contributed by atoms with van der Waals surface area (Å²) >= 11 is 0. The van der Waals surface area contributed by atoms with Crippen molar-refractivity contribution in [1.29, 1.82) is 0 Å². The highest BCUT2D eigenvalue weighted by Gasteiger charge is 2.08. The van der Waals surface area contributed by atoms with Crippen molar-refractivity contribution in [1.82, 2.24) is 9.55 Å². The topological polar surface area (TPSA) is 17.8 Å². The highest BCUT2D eigenvalue weighted by Crippen LogP contribution is 2.26. The van der Waals surface area contributed by atoms with Crippen LogP contribution in [-0.2, 0) is 0 Å². The second-order valence-electron chi connectivity index (χ2n) is 5.40. The average Bonchev–Trinajstić information content (AvgIpc) is 3.13. The van der Waals surface area contributed by atoms with Gasteiger partial charge < -0.3 is 0 Å². The van der Waals surface area contributed by atoms with E-state index in [1.54, 1.807) is 0 Å². The van der Waals surface area contributed by atoms with Gasteiger partial charge in [-0.3, -0.25) is 4.57 Å².